The number of rotatable bonds is 3. The minimum absolute atomic E-state index is 0.0457. The van der Waals surface area contributed by atoms with Crippen molar-refractivity contribution in [3.63, 3.8) is 0 Å². The number of hydrogen-bond acceptors (Lipinski definition) is 6. The first-order chi connectivity index (χ1) is 10.1. The molecule has 0 aliphatic heterocycles. The Kier molecular flexibility index (Phi) is 4.09. The molecule has 0 spiro atoms. The van der Waals surface area contributed by atoms with E-state index in [0.29, 0.717) is 5.76 Å². The summed E-state index contributed by atoms with van der Waals surface area (Å²) in [5, 5.41) is 27.9. The number of hydrogen-bond donors (Lipinski definition) is 0. The van der Waals surface area contributed by atoms with Gasteiger partial charge >= 0.3 is 0 Å². The molecule has 2 heterocycles. The van der Waals surface area contributed by atoms with Gasteiger partial charge in [0.05, 0.1) is 9.88 Å². The first-order valence-electron chi connectivity index (χ1n) is 5.93. The molecular formula is C15H10N4OS. The van der Waals surface area contributed by atoms with Gasteiger partial charge in [-0.2, -0.15) is 15.8 Å². The van der Waals surface area contributed by atoms with E-state index in [0.717, 1.165) is 9.88 Å². The van der Waals surface area contributed by atoms with E-state index in [1.165, 1.54) is 0 Å². The maximum absolute atomic E-state index is 9.09. The fourth-order valence-electron chi connectivity index (χ4n) is 1.68. The molecule has 0 aliphatic rings. The van der Waals surface area contributed by atoms with Crippen molar-refractivity contribution in [3.8, 4) is 28.8 Å². The summed E-state index contributed by atoms with van der Waals surface area (Å²) in [4.78, 5) is 2.90. The lowest BCUT2D eigenvalue weighted by Crippen LogP contribution is -2.05. The number of furan rings is 1. The molecule has 0 unspecified atom stereocenters. The van der Waals surface area contributed by atoms with Gasteiger partial charge in [-0.15, -0.1) is 11.3 Å². The van der Waals surface area contributed by atoms with Gasteiger partial charge in [-0.25, -0.2) is 0 Å². The second-order valence-electron chi connectivity index (χ2n) is 4.28. The first-order valence-corrected chi connectivity index (χ1v) is 6.74. The quantitative estimate of drug-likeness (QED) is 0.809. The summed E-state index contributed by atoms with van der Waals surface area (Å²) in [5.41, 5.74) is -0.297. The Bertz CT molecular complexity index is 805. The molecule has 2 rings (SSSR count). The molecule has 102 valence electrons. The molecule has 0 aliphatic carbocycles. The zero-order valence-corrected chi connectivity index (χ0v) is 12.2. The van der Waals surface area contributed by atoms with Crippen LogP contribution < -0.4 is 4.90 Å². The summed E-state index contributed by atoms with van der Waals surface area (Å²) >= 11 is 1.55. The zero-order valence-electron chi connectivity index (χ0n) is 11.4. The monoisotopic (exact) mass is 294 g/mol. The maximum Gasteiger partial charge on any atom is 0.151 e. The topological polar surface area (TPSA) is 87.8 Å². The van der Waals surface area contributed by atoms with E-state index < -0.39 is 0 Å². The van der Waals surface area contributed by atoms with Crippen LogP contribution in [0.25, 0.3) is 16.2 Å². The SMILES string of the molecule is CN(C)c1ccc(-c2ccc(C(C#N)=C(C#N)C#N)o2)s1. The van der Waals surface area contributed by atoms with E-state index in [1.54, 1.807) is 35.6 Å². The van der Waals surface area contributed by atoms with Crippen LogP contribution in [0.2, 0.25) is 0 Å². The average molecular weight is 294 g/mol. The van der Waals surface area contributed by atoms with Gasteiger partial charge < -0.3 is 9.32 Å². The van der Waals surface area contributed by atoms with Crippen LogP contribution in [0.15, 0.2) is 34.3 Å². The van der Waals surface area contributed by atoms with Gasteiger partial charge in [0.1, 0.15) is 35.3 Å². The second-order valence-corrected chi connectivity index (χ2v) is 5.34. The number of thiophene rings is 1. The predicted molar refractivity (Wildman–Crippen MR) is 80.1 cm³/mol. The minimum atomic E-state index is -0.251. The molecule has 0 radical (unpaired) electrons. The third kappa shape index (κ3) is 2.79. The van der Waals surface area contributed by atoms with Crippen molar-refractivity contribution >= 4 is 21.9 Å². The van der Waals surface area contributed by atoms with Crippen LogP contribution in [0, 0.1) is 34.0 Å². The van der Waals surface area contributed by atoms with Crippen molar-refractivity contribution in [2.45, 2.75) is 0 Å². The molecule has 0 aromatic carbocycles. The lowest BCUT2D eigenvalue weighted by atomic mass is 10.1. The Morgan fingerprint density at radius 2 is 1.76 bits per heavy atom. The van der Waals surface area contributed by atoms with Crippen molar-refractivity contribution < 1.29 is 4.42 Å². The molecule has 21 heavy (non-hydrogen) atoms. The van der Waals surface area contributed by atoms with Crippen LogP contribution in [0.3, 0.4) is 0 Å². The maximum atomic E-state index is 9.09. The Labute approximate surface area is 126 Å². The molecule has 0 fully saturated rings. The van der Waals surface area contributed by atoms with Gasteiger partial charge in [0, 0.05) is 14.1 Å². The fraction of sp³-hybridized carbons (Fsp3) is 0.133. The molecule has 5 nitrogen and oxygen atoms in total. The highest BCUT2D eigenvalue weighted by molar-refractivity contribution is 7.19. The Hall–Kier alpha value is -3.01. The molecule has 0 saturated heterocycles. The van der Waals surface area contributed by atoms with Crippen LogP contribution >= 0.6 is 11.3 Å². The molecule has 0 atom stereocenters. The second kappa shape index (κ2) is 5.96. The average Bonchev–Trinajstić information content (AvgIpc) is 3.12. The van der Waals surface area contributed by atoms with Crippen molar-refractivity contribution in [1.29, 1.82) is 15.8 Å². The van der Waals surface area contributed by atoms with E-state index in [2.05, 4.69) is 0 Å². The van der Waals surface area contributed by atoms with Crippen molar-refractivity contribution in [1.82, 2.24) is 0 Å². The van der Waals surface area contributed by atoms with Gasteiger partial charge in [0.25, 0.3) is 0 Å². The van der Waals surface area contributed by atoms with E-state index in [-0.39, 0.29) is 16.9 Å². The van der Waals surface area contributed by atoms with Crippen LogP contribution in [0.5, 0.6) is 0 Å². The lowest BCUT2D eigenvalue weighted by Gasteiger charge is -2.06. The number of nitriles is 3. The summed E-state index contributed by atoms with van der Waals surface area (Å²) < 4.78 is 5.61. The number of anilines is 1. The smallest absolute Gasteiger partial charge is 0.151 e. The molecule has 2 aromatic heterocycles. The third-order valence-corrected chi connectivity index (χ3v) is 3.98. The van der Waals surface area contributed by atoms with E-state index in [4.69, 9.17) is 20.2 Å². The minimum Gasteiger partial charge on any atom is -0.454 e. The third-order valence-electron chi connectivity index (χ3n) is 2.71. The van der Waals surface area contributed by atoms with Crippen LogP contribution in [0.1, 0.15) is 5.76 Å². The van der Waals surface area contributed by atoms with Gasteiger partial charge in [-0.3, -0.25) is 0 Å². The Morgan fingerprint density at radius 1 is 1.05 bits per heavy atom. The van der Waals surface area contributed by atoms with Gasteiger partial charge in [0.2, 0.25) is 0 Å². The standard InChI is InChI=1S/C15H10N4OS/c1-19(2)15-6-5-14(21-15)13-4-3-12(20-13)11(9-18)10(7-16)8-17/h3-6H,1-2H3. The van der Waals surface area contributed by atoms with Crippen molar-refractivity contribution in [2.75, 3.05) is 19.0 Å². The molecule has 6 heteroatoms. The van der Waals surface area contributed by atoms with Crippen LogP contribution in [-0.2, 0) is 0 Å². The summed E-state index contributed by atoms with van der Waals surface area (Å²) in [6.07, 6.45) is 0. The number of allylic oxidation sites excluding steroid dienone is 2. The predicted octanol–water partition coefficient (Wildman–Crippen LogP) is 3.40. The van der Waals surface area contributed by atoms with E-state index >= 15 is 0 Å². The van der Waals surface area contributed by atoms with Gasteiger partial charge in [0.15, 0.2) is 5.57 Å². The van der Waals surface area contributed by atoms with E-state index in [9.17, 15) is 0 Å². The molecule has 0 N–H and O–H groups in total. The summed E-state index contributed by atoms with van der Waals surface area (Å²) in [5.74, 6) is 0.830. The van der Waals surface area contributed by atoms with Crippen LogP contribution in [0.4, 0.5) is 5.00 Å². The zero-order chi connectivity index (χ0) is 15.4. The molecule has 0 saturated carbocycles. The largest absolute Gasteiger partial charge is 0.454 e. The van der Waals surface area contributed by atoms with Crippen molar-refractivity contribution in [2.24, 2.45) is 0 Å². The summed E-state index contributed by atoms with van der Waals surface area (Å²) in [6, 6.07) is 12.5. The molecule has 0 amide bonds. The Balaban J connectivity index is 2.43. The highest BCUT2D eigenvalue weighted by Gasteiger charge is 2.15. The first kappa shape index (κ1) is 14.4. The highest BCUT2D eigenvalue weighted by atomic mass is 32.1. The molecular weight excluding hydrogens is 284 g/mol. The van der Waals surface area contributed by atoms with Crippen molar-refractivity contribution in [3.05, 3.63) is 35.6 Å². The fourth-order valence-corrected chi connectivity index (χ4v) is 2.57. The summed E-state index contributed by atoms with van der Waals surface area (Å²) in [7, 11) is 3.90. The summed E-state index contributed by atoms with van der Waals surface area (Å²) in [6.45, 7) is 0. The van der Waals surface area contributed by atoms with Gasteiger partial charge in [-0.05, 0) is 24.3 Å². The normalized spacial score (nSPS) is 9.29. The number of nitrogens with zero attached hydrogens (tertiary/aromatic N) is 4. The Morgan fingerprint density at radius 3 is 2.29 bits per heavy atom. The van der Waals surface area contributed by atoms with E-state index in [1.807, 2.05) is 37.2 Å². The highest BCUT2D eigenvalue weighted by Crippen LogP contribution is 2.35. The van der Waals surface area contributed by atoms with Gasteiger partial charge in [-0.1, -0.05) is 0 Å². The molecule has 2 aromatic rings. The lowest BCUT2D eigenvalue weighted by molar-refractivity contribution is 0.570. The van der Waals surface area contributed by atoms with Crippen LogP contribution in [-0.4, -0.2) is 14.1 Å². The molecule has 0 bridgehead atoms.